The number of ether oxygens (including phenoxy) is 1. The van der Waals surface area contributed by atoms with Gasteiger partial charge in [0.25, 0.3) is 0 Å². The van der Waals surface area contributed by atoms with E-state index in [4.69, 9.17) is 16.3 Å². The van der Waals surface area contributed by atoms with E-state index in [0.29, 0.717) is 23.5 Å². The van der Waals surface area contributed by atoms with Gasteiger partial charge in [0.1, 0.15) is 5.82 Å². The van der Waals surface area contributed by atoms with Crippen molar-refractivity contribution in [3.05, 3.63) is 34.6 Å². The minimum atomic E-state index is -0.228. The predicted molar refractivity (Wildman–Crippen MR) is 78.2 cm³/mol. The van der Waals surface area contributed by atoms with Crippen LogP contribution >= 0.6 is 11.6 Å². The molecule has 2 nitrogen and oxygen atoms in total. The molecule has 0 heterocycles. The summed E-state index contributed by atoms with van der Waals surface area (Å²) in [6.45, 7) is 6.77. The van der Waals surface area contributed by atoms with Gasteiger partial charge in [0.2, 0.25) is 0 Å². The highest BCUT2D eigenvalue weighted by molar-refractivity contribution is 6.31. The highest BCUT2D eigenvalue weighted by atomic mass is 35.5. The highest BCUT2D eigenvalue weighted by Crippen LogP contribution is 2.23. The van der Waals surface area contributed by atoms with Gasteiger partial charge >= 0.3 is 0 Å². The highest BCUT2D eigenvalue weighted by Gasteiger charge is 2.15. The number of hydrogen-bond acceptors (Lipinski definition) is 2. The predicted octanol–water partition coefficient (Wildman–Crippen LogP) is 3.53. The molecule has 0 aliphatic carbocycles. The fourth-order valence-electron chi connectivity index (χ4n) is 1.99. The Morgan fingerprint density at radius 2 is 2.11 bits per heavy atom. The number of hydrogen-bond donors (Lipinski definition) is 1. The molecule has 0 aromatic heterocycles. The fraction of sp³-hybridized carbons (Fsp3) is 0.600. The van der Waals surface area contributed by atoms with E-state index < -0.39 is 0 Å². The zero-order valence-corrected chi connectivity index (χ0v) is 12.6. The van der Waals surface area contributed by atoms with Gasteiger partial charge in [0, 0.05) is 18.7 Å². The number of benzene rings is 1. The van der Waals surface area contributed by atoms with Crippen molar-refractivity contribution in [2.75, 3.05) is 26.8 Å². The molecule has 0 aliphatic heterocycles. The monoisotopic (exact) mass is 287 g/mol. The van der Waals surface area contributed by atoms with Gasteiger partial charge in [-0.15, -0.1) is 0 Å². The molecule has 1 rings (SSSR count). The second-order valence-corrected chi connectivity index (χ2v) is 5.55. The maximum Gasteiger partial charge on any atom is 0.123 e. The minimum absolute atomic E-state index is 0.228. The molecule has 19 heavy (non-hydrogen) atoms. The largest absolute Gasteiger partial charge is 0.383 e. The lowest BCUT2D eigenvalue weighted by Gasteiger charge is -2.22. The van der Waals surface area contributed by atoms with Gasteiger partial charge in [-0.25, -0.2) is 4.39 Å². The van der Waals surface area contributed by atoms with Crippen LogP contribution in [0.25, 0.3) is 0 Å². The number of rotatable bonds is 8. The average molecular weight is 288 g/mol. The van der Waals surface area contributed by atoms with Gasteiger partial charge in [-0.1, -0.05) is 25.4 Å². The van der Waals surface area contributed by atoms with E-state index >= 15 is 0 Å². The first kappa shape index (κ1) is 16.4. The third-order valence-electron chi connectivity index (χ3n) is 3.32. The quantitative estimate of drug-likeness (QED) is 0.739. The maximum absolute atomic E-state index is 13.3. The smallest absolute Gasteiger partial charge is 0.123 e. The van der Waals surface area contributed by atoms with E-state index in [1.807, 2.05) is 0 Å². The van der Waals surface area contributed by atoms with Crippen molar-refractivity contribution in [2.24, 2.45) is 11.8 Å². The van der Waals surface area contributed by atoms with Crippen molar-refractivity contribution in [2.45, 2.75) is 20.3 Å². The minimum Gasteiger partial charge on any atom is -0.383 e. The third kappa shape index (κ3) is 5.89. The lowest BCUT2D eigenvalue weighted by Crippen LogP contribution is -2.30. The molecule has 1 N–H and O–H groups in total. The van der Waals surface area contributed by atoms with E-state index in [9.17, 15) is 4.39 Å². The molecule has 1 unspecified atom stereocenters. The van der Waals surface area contributed by atoms with E-state index in [2.05, 4.69) is 19.2 Å². The molecule has 0 aliphatic rings. The van der Waals surface area contributed by atoms with Crippen LogP contribution < -0.4 is 5.32 Å². The van der Waals surface area contributed by atoms with Crippen molar-refractivity contribution < 1.29 is 9.13 Å². The second kappa shape index (κ2) is 8.51. The Bertz CT molecular complexity index is 384. The van der Waals surface area contributed by atoms with Gasteiger partial charge < -0.3 is 10.1 Å². The molecule has 1 aromatic carbocycles. The van der Waals surface area contributed by atoms with Crippen LogP contribution in [-0.2, 0) is 11.2 Å². The van der Waals surface area contributed by atoms with Crippen LogP contribution in [0, 0.1) is 17.7 Å². The Labute approximate surface area is 120 Å². The summed E-state index contributed by atoms with van der Waals surface area (Å²) in [5.74, 6) is 0.708. The first-order valence-corrected chi connectivity index (χ1v) is 7.06. The molecule has 0 saturated heterocycles. The molecule has 0 fully saturated rings. The standard InChI is InChI=1S/C15H23ClFNO/c1-11(2)13(10-18-6-7-19-3)8-12-9-14(17)4-5-15(12)16/h4-5,9,11,13,18H,6-8,10H2,1-3H3. The molecular formula is C15H23ClFNO. The maximum atomic E-state index is 13.3. The molecule has 0 spiro atoms. The Morgan fingerprint density at radius 3 is 2.74 bits per heavy atom. The van der Waals surface area contributed by atoms with E-state index in [0.717, 1.165) is 25.1 Å². The lowest BCUT2D eigenvalue weighted by molar-refractivity contribution is 0.196. The molecule has 0 bridgehead atoms. The summed E-state index contributed by atoms with van der Waals surface area (Å²) < 4.78 is 18.3. The Kier molecular flexibility index (Phi) is 7.36. The SMILES string of the molecule is COCCNCC(Cc1cc(F)ccc1Cl)C(C)C. The van der Waals surface area contributed by atoms with Crippen LogP contribution in [0.5, 0.6) is 0 Å². The zero-order chi connectivity index (χ0) is 14.3. The van der Waals surface area contributed by atoms with Crippen LogP contribution in [0.4, 0.5) is 4.39 Å². The van der Waals surface area contributed by atoms with Crippen LogP contribution in [-0.4, -0.2) is 26.8 Å². The molecule has 1 atom stereocenters. The van der Waals surface area contributed by atoms with Crippen LogP contribution in [0.3, 0.4) is 0 Å². The molecule has 0 radical (unpaired) electrons. The Balaban J connectivity index is 2.59. The number of nitrogens with one attached hydrogen (secondary N) is 1. The van der Waals surface area contributed by atoms with Crippen LogP contribution in [0.1, 0.15) is 19.4 Å². The lowest BCUT2D eigenvalue weighted by atomic mass is 9.89. The summed E-state index contributed by atoms with van der Waals surface area (Å²) in [5.41, 5.74) is 0.883. The molecule has 0 saturated carbocycles. The normalized spacial score (nSPS) is 12.9. The summed E-state index contributed by atoms with van der Waals surface area (Å²) in [7, 11) is 1.69. The van der Waals surface area contributed by atoms with Crippen molar-refractivity contribution in [1.82, 2.24) is 5.32 Å². The van der Waals surface area contributed by atoms with Gasteiger partial charge in [0.15, 0.2) is 0 Å². The molecule has 1 aromatic rings. The zero-order valence-electron chi connectivity index (χ0n) is 11.9. The average Bonchev–Trinajstić information content (AvgIpc) is 2.37. The number of methoxy groups -OCH3 is 1. The van der Waals surface area contributed by atoms with Gasteiger partial charge in [0.05, 0.1) is 6.61 Å². The van der Waals surface area contributed by atoms with Crippen molar-refractivity contribution in [3.63, 3.8) is 0 Å². The van der Waals surface area contributed by atoms with E-state index in [1.54, 1.807) is 13.2 Å². The van der Waals surface area contributed by atoms with E-state index in [-0.39, 0.29) is 5.82 Å². The first-order chi connectivity index (χ1) is 9.04. The van der Waals surface area contributed by atoms with Crippen LogP contribution in [0.2, 0.25) is 5.02 Å². The van der Waals surface area contributed by atoms with Gasteiger partial charge in [-0.3, -0.25) is 0 Å². The van der Waals surface area contributed by atoms with Crippen molar-refractivity contribution in [3.8, 4) is 0 Å². The van der Waals surface area contributed by atoms with Gasteiger partial charge in [-0.05, 0) is 48.6 Å². The first-order valence-electron chi connectivity index (χ1n) is 6.68. The Morgan fingerprint density at radius 1 is 1.37 bits per heavy atom. The summed E-state index contributed by atoms with van der Waals surface area (Å²) in [6, 6.07) is 4.56. The van der Waals surface area contributed by atoms with E-state index in [1.165, 1.54) is 12.1 Å². The topological polar surface area (TPSA) is 21.3 Å². The summed E-state index contributed by atoms with van der Waals surface area (Å²) in [6.07, 6.45) is 0.786. The number of halogens is 2. The summed E-state index contributed by atoms with van der Waals surface area (Å²) in [5, 5.41) is 4.00. The second-order valence-electron chi connectivity index (χ2n) is 5.14. The summed E-state index contributed by atoms with van der Waals surface area (Å²) >= 11 is 6.12. The fourth-order valence-corrected chi connectivity index (χ4v) is 2.18. The molecular weight excluding hydrogens is 265 g/mol. The van der Waals surface area contributed by atoms with Gasteiger partial charge in [-0.2, -0.15) is 0 Å². The van der Waals surface area contributed by atoms with Crippen molar-refractivity contribution in [1.29, 1.82) is 0 Å². The third-order valence-corrected chi connectivity index (χ3v) is 3.69. The Hall–Kier alpha value is -0.640. The van der Waals surface area contributed by atoms with Crippen LogP contribution in [0.15, 0.2) is 18.2 Å². The molecule has 4 heteroatoms. The molecule has 0 amide bonds. The molecule has 108 valence electrons. The van der Waals surface area contributed by atoms with Crippen molar-refractivity contribution >= 4 is 11.6 Å². The summed E-state index contributed by atoms with van der Waals surface area (Å²) in [4.78, 5) is 0.